The molecule has 206 valence electrons. The molecule has 0 aromatic heterocycles. The van der Waals surface area contributed by atoms with Crippen LogP contribution in [0.5, 0.6) is 17.2 Å². The minimum Gasteiger partial charge on any atom is -0.497 e. The molecule has 38 heavy (non-hydrogen) atoms. The summed E-state index contributed by atoms with van der Waals surface area (Å²) in [5.74, 6) is 1.89. The summed E-state index contributed by atoms with van der Waals surface area (Å²) in [6.45, 7) is 8.53. The number of amides is 2. The van der Waals surface area contributed by atoms with Gasteiger partial charge in [-0.2, -0.15) is 0 Å². The highest BCUT2D eigenvalue weighted by Crippen LogP contribution is 2.35. The lowest BCUT2D eigenvalue weighted by atomic mass is 9.80. The van der Waals surface area contributed by atoms with E-state index < -0.39 is 17.7 Å². The average molecular weight is 524 g/mol. The molecule has 8 nitrogen and oxygen atoms in total. The van der Waals surface area contributed by atoms with Gasteiger partial charge in [-0.25, -0.2) is 0 Å². The molecule has 1 spiro atoms. The molecule has 0 radical (unpaired) electrons. The van der Waals surface area contributed by atoms with Crippen LogP contribution in [-0.2, 0) is 16.1 Å². The minimum absolute atomic E-state index is 0.124. The van der Waals surface area contributed by atoms with Crippen LogP contribution in [0.3, 0.4) is 0 Å². The number of hydrogen-bond acceptors (Lipinski definition) is 6. The summed E-state index contributed by atoms with van der Waals surface area (Å²) >= 11 is 0. The monoisotopic (exact) mass is 523 g/mol. The van der Waals surface area contributed by atoms with E-state index in [1.807, 2.05) is 50.2 Å². The number of aliphatic hydroxyl groups is 1. The molecule has 2 amide bonds. The summed E-state index contributed by atoms with van der Waals surface area (Å²) in [7, 11) is 1.64. The fourth-order valence-electron chi connectivity index (χ4n) is 5.37. The largest absolute Gasteiger partial charge is 0.497 e. The zero-order chi connectivity index (χ0) is 27.3. The highest BCUT2D eigenvalue weighted by atomic mass is 16.5. The lowest BCUT2D eigenvalue weighted by Crippen LogP contribution is -2.74. The first kappa shape index (κ1) is 27.9. The van der Waals surface area contributed by atoms with Crippen molar-refractivity contribution in [1.82, 2.24) is 15.1 Å². The smallest absolute Gasteiger partial charge is 0.248 e. The average Bonchev–Trinajstić information content (AvgIpc) is 2.93. The quantitative estimate of drug-likeness (QED) is 0.490. The van der Waals surface area contributed by atoms with Gasteiger partial charge < -0.3 is 24.8 Å². The van der Waals surface area contributed by atoms with Crippen molar-refractivity contribution < 1.29 is 24.2 Å². The molecule has 2 unspecified atom stereocenters. The summed E-state index contributed by atoms with van der Waals surface area (Å²) < 4.78 is 11.1. The molecular weight excluding hydrogens is 482 g/mol. The SMILES string of the molecule is CCCCN1C(=O)C(C(O)C(C)C)NC(=O)C12CCN(Cc1ccc(Oc3ccc(OC)cc3)cc1)CC2. The Morgan fingerprint density at radius 1 is 1.00 bits per heavy atom. The Balaban J connectivity index is 1.38. The van der Waals surface area contributed by atoms with Crippen molar-refractivity contribution in [3.63, 3.8) is 0 Å². The van der Waals surface area contributed by atoms with Gasteiger partial charge in [-0.05, 0) is 67.1 Å². The van der Waals surface area contributed by atoms with Gasteiger partial charge in [-0.15, -0.1) is 0 Å². The lowest BCUT2D eigenvalue weighted by Gasteiger charge is -2.52. The van der Waals surface area contributed by atoms with Gasteiger partial charge in [0.1, 0.15) is 28.8 Å². The van der Waals surface area contributed by atoms with Crippen molar-refractivity contribution in [3.8, 4) is 17.2 Å². The summed E-state index contributed by atoms with van der Waals surface area (Å²) in [5.41, 5.74) is 0.321. The fourth-order valence-corrected chi connectivity index (χ4v) is 5.37. The molecule has 2 N–H and O–H groups in total. The standard InChI is InChI=1S/C30H41N3O5/c1-5-6-17-33-28(35)26(27(34)21(2)3)31-29(36)30(33)15-18-32(19-16-30)20-22-7-9-24(10-8-22)38-25-13-11-23(37-4)12-14-25/h7-14,21,26-27,34H,5-6,15-20H2,1-4H3,(H,31,36). The molecule has 2 aromatic rings. The molecule has 0 aliphatic carbocycles. The van der Waals surface area contributed by atoms with E-state index in [9.17, 15) is 14.7 Å². The Morgan fingerprint density at radius 2 is 1.58 bits per heavy atom. The van der Waals surface area contributed by atoms with Gasteiger partial charge >= 0.3 is 0 Å². The molecular formula is C30H41N3O5. The van der Waals surface area contributed by atoms with Crippen LogP contribution in [0.4, 0.5) is 0 Å². The van der Waals surface area contributed by atoms with Crippen molar-refractivity contribution in [2.75, 3.05) is 26.7 Å². The summed E-state index contributed by atoms with van der Waals surface area (Å²) in [4.78, 5) is 31.1. The number of nitrogens with zero attached hydrogens (tertiary/aromatic N) is 2. The number of methoxy groups -OCH3 is 1. The zero-order valence-electron chi connectivity index (χ0n) is 23.0. The van der Waals surface area contributed by atoms with Crippen molar-refractivity contribution >= 4 is 11.8 Å². The number of rotatable bonds is 10. The van der Waals surface area contributed by atoms with Crippen LogP contribution >= 0.6 is 0 Å². The number of piperazine rings is 1. The van der Waals surface area contributed by atoms with Crippen molar-refractivity contribution in [2.24, 2.45) is 5.92 Å². The second kappa shape index (κ2) is 12.2. The highest BCUT2D eigenvalue weighted by Gasteiger charge is 2.54. The third-order valence-corrected chi connectivity index (χ3v) is 7.83. The molecule has 2 atom stereocenters. The maximum atomic E-state index is 13.5. The molecule has 0 bridgehead atoms. The zero-order valence-corrected chi connectivity index (χ0v) is 23.0. The first-order valence-corrected chi connectivity index (χ1v) is 13.7. The predicted molar refractivity (Wildman–Crippen MR) is 146 cm³/mol. The van der Waals surface area contributed by atoms with Crippen LogP contribution in [0.2, 0.25) is 0 Å². The Bertz CT molecular complexity index is 1080. The van der Waals surface area contributed by atoms with E-state index in [1.165, 1.54) is 0 Å². The number of aliphatic hydroxyl groups excluding tert-OH is 1. The first-order chi connectivity index (χ1) is 18.3. The van der Waals surface area contributed by atoms with Gasteiger partial charge in [0, 0.05) is 26.2 Å². The second-order valence-corrected chi connectivity index (χ2v) is 10.8. The Hall–Kier alpha value is -3.10. The summed E-state index contributed by atoms with van der Waals surface area (Å²) in [6.07, 6.45) is 2.03. The number of carbonyl (C=O) groups is 2. The third-order valence-electron chi connectivity index (χ3n) is 7.83. The topological polar surface area (TPSA) is 91.3 Å². The second-order valence-electron chi connectivity index (χ2n) is 10.8. The Morgan fingerprint density at radius 3 is 2.13 bits per heavy atom. The van der Waals surface area contributed by atoms with Crippen LogP contribution in [0.15, 0.2) is 48.5 Å². The van der Waals surface area contributed by atoms with Crippen LogP contribution in [0.25, 0.3) is 0 Å². The fraction of sp³-hybridized carbons (Fsp3) is 0.533. The summed E-state index contributed by atoms with van der Waals surface area (Å²) in [6, 6.07) is 14.6. The maximum Gasteiger partial charge on any atom is 0.248 e. The highest BCUT2D eigenvalue weighted by molar-refractivity contribution is 6.00. The van der Waals surface area contributed by atoms with Crippen molar-refractivity contribution in [3.05, 3.63) is 54.1 Å². The molecule has 2 aliphatic heterocycles. The van der Waals surface area contributed by atoms with E-state index in [0.29, 0.717) is 32.5 Å². The molecule has 2 saturated heterocycles. The Kier molecular flexibility index (Phi) is 8.95. The number of nitrogens with one attached hydrogen (secondary N) is 1. The normalized spacial score (nSPS) is 20.5. The molecule has 8 heteroatoms. The van der Waals surface area contributed by atoms with Gasteiger partial charge in [0.25, 0.3) is 0 Å². The molecule has 2 aromatic carbocycles. The van der Waals surface area contributed by atoms with Crippen molar-refractivity contribution in [2.45, 2.75) is 70.7 Å². The van der Waals surface area contributed by atoms with Crippen molar-refractivity contribution in [1.29, 1.82) is 0 Å². The van der Waals surface area contributed by atoms with E-state index in [2.05, 4.69) is 29.3 Å². The van der Waals surface area contributed by atoms with Gasteiger partial charge in [0.05, 0.1) is 13.2 Å². The number of piperidine rings is 1. The number of benzene rings is 2. The number of hydrogen-bond donors (Lipinski definition) is 2. The number of unbranched alkanes of at least 4 members (excludes halogenated alkanes) is 1. The molecule has 2 heterocycles. The van der Waals surface area contributed by atoms with Gasteiger partial charge in [-0.3, -0.25) is 14.5 Å². The third kappa shape index (κ3) is 5.97. The van der Waals surface area contributed by atoms with Crippen LogP contribution < -0.4 is 14.8 Å². The van der Waals surface area contributed by atoms with E-state index in [4.69, 9.17) is 9.47 Å². The molecule has 0 saturated carbocycles. The van der Waals surface area contributed by atoms with Crippen LogP contribution in [0, 0.1) is 5.92 Å². The predicted octanol–water partition coefficient (Wildman–Crippen LogP) is 3.97. The minimum atomic E-state index is -0.898. The summed E-state index contributed by atoms with van der Waals surface area (Å²) in [5, 5.41) is 13.5. The number of likely N-dealkylation sites (tertiary alicyclic amines) is 1. The molecule has 2 fully saturated rings. The van der Waals surface area contributed by atoms with Crippen LogP contribution in [-0.4, -0.2) is 71.1 Å². The van der Waals surface area contributed by atoms with E-state index in [1.54, 1.807) is 12.0 Å². The molecule has 2 aliphatic rings. The number of carbonyl (C=O) groups excluding carboxylic acids is 2. The maximum absolute atomic E-state index is 13.5. The molecule has 4 rings (SSSR count). The Labute approximate surface area is 225 Å². The van der Waals surface area contributed by atoms with Gasteiger partial charge in [0.2, 0.25) is 11.8 Å². The number of ether oxygens (including phenoxy) is 2. The van der Waals surface area contributed by atoms with Crippen LogP contribution in [0.1, 0.15) is 52.0 Å². The van der Waals surface area contributed by atoms with Gasteiger partial charge in [0.15, 0.2) is 0 Å². The first-order valence-electron chi connectivity index (χ1n) is 13.7. The van der Waals surface area contributed by atoms with Gasteiger partial charge in [-0.1, -0.05) is 39.3 Å². The lowest BCUT2D eigenvalue weighted by molar-refractivity contribution is -0.165. The van der Waals surface area contributed by atoms with E-state index >= 15 is 0 Å². The van der Waals surface area contributed by atoms with E-state index in [-0.39, 0.29) is 17.7 Å². The van der Waals surface area contributed by atoms with E-state index in [0.717, 1.165) is 42.2 Å².